The Hall–Kier alpha value is -3.43. The summed E-state index contributed by atoms with van der Waals surface area (Å²) < 4.78 is 29.3. The zero-order chi connectivity index (χ0) is 22.0. The van der Waals surface area contributed by atoms with Crippen molar-refractivity contribution in [1.82, 2.24) is 14.8 Å². The number of hydrogen-bond acceptors (Lipinski definition) is 5. The van der Waals surface area contributed by atoms with Crippen molar-refractivity contribution >= 4 is 49.9 Å². The molecule has 0 aliphatic heterocycles. The third-order valence-electron chi connectivity index (χ3n) is 4.65. The maximum absolute atomic E-state index is 12.5. The number of nitrogens with zero attached hydrogens (tertiary/aromatic N) is 3. The van der Waals surface area contributed by atoms with E-state index in [9.17, 15) is 13.2 Å². The number of nitrogens with one attached hydrogen (secondary N) is 2. The van der Waals surface area contributed by atoms with Gasteiger partial charge in [0, 0.05) is 29.8 Å². The van der Waals surface area contributed by atoms with Gasteiger partial charge in [0.05, 0.1) is 11.3 Å². The fourth-order valence-electron chi connectivity index (χ4n) is 3.23. The Kier molecular flexibility index (Phi) is 5.62. The normalized spacial score (nSPS) is 11.4. The number of carbonyl (C=O) groups excluding carboxylic acids is 1. The Labute approximate surface area is 183 Å². The van der Waals surface area contributed by atoms with Crippen LogP contribution in [-0.2, 0) is 28.3 Å². The number of aromatic nitrogens is 3. The van der Waals surface area contributed by atoms with Crippen LogP contribution in [0.15, 0.2) is 71.8 Å². The fourth-order valence-corrected chi connectivity index (χ4v) is 4.33. The molecule has 2 heterocycles. The van der Waals surface area contributed by atoms with Crippen LogP contribution in [0.2, 0.25) is 5.15 Å². The van der Waals surface area contributed by atoms with Crippen LogP contribution in [0.4, 0.5) is 11.5 Å². The van der Waals surface area contributed by atoms with Gasteiger partial charge in [0.2, 0.25) is 5.91 Å². The molecule has 0 saturated heterocycles. The number of hydrogen-bond donors (Lipinski definition) is 2. The van der Waals surface area contributed by atoms with Gasteiger partial charge in [-0.1, -0.05) is 29.8 Å². The lowest BCUT2D eigenvalue weighted by molar-refractivity contribution is -0.115. The summed E-state index contributed by atoms with van der Waals surface area (Å²) >= 11 is 5.65. The van der Waals surface area contributed by atoms with Crippen molar-refractivity contribution in [2.75, 3.05) is 10.0 Å². The summed E-state index contributed by atoms with van der Waals surface area (Å²) in [6.07, 6.45) is 2.14. The lowest BCUT2D eigenvalue weighted by atomic mass is 10.1. The molecule has 0 bridgehead atoms. The zero-order valence-electron chi connectivity index (χ0n) is 16.4. The molecule has 0 saturated carbocycles. The molecule has 0 unspecified atom stereocenters. The van der Waals surface area contributed by atoms with Crippen LogP contribution in [0, 0.1) is 0 Å². The Morgan fingerprint density at radius 3 is 2.48 bits per heavy atom. The summed E-state index contributed by atoms with van der Waals surface area (Å²) in [5.74, 6) is -0.140. The molecular formula is C21H18ClN5O3S. The number of amides is 1. The predicted octanol–water partition coefficient (Wildman–Crippen LogP) is 3.60. The van der Waals surface area contributed by atoms with E-state index in [0.29, 0.717) is 5.69 Å². The Morgan fingerprint density at radius 2 is 1.77 bits per heavy atom. The second-order valence-electron chi connectivity index (χ2n) is 6.88. The first-order chi connectivity index (χ1) is 14.8. The van der Waals surface area contributed by atoms with Gasteiger partial charge in [-0.3, -0.25) is 9.52 Å². The Bertz CT molecular complexity index is 1350. The molecule has 0 spiro atoms. The Balaban J connectivity index is 1.44. The first-order valence-electron chi connectivity index (χ1n) is 9.27. The van der Waals surface area contributed by atoms with E-state index in [2.05, 4.69) is 20.2 Å². The summed E-state index contributed by atoms with van der Waals surface area (Å²) in [7, 11) is -1.92. The highest BCUT2D eigenvalue weighted by Crippen LogP contribution is 2.22. The zero-order valence-corrected chi connectivity index (χ0v) is 18.0. The molecule has 31 heavy (non-hydrogen) atoms. The molecule has 1 amide bonds. The molecule has 10 heteroatoms. The SMILES string of the molecule is Cn1cc(CC(=O)Nc2ccc(S(=O)(=O)Nc3ccc(Cl)nn3)cc2)c2ccccc21. The van der Waals surface area contributed by atoms with Gasteiger partial charge in [-0.15, -0.1) is 10.2 Å². The number of rotatable bonds is 6. The van der Waals surface area contributed by atoms with Crippen molar-refractivity contribution in [2.24, 2.45) is 7.05 Å². The van der Waals surface area contributed by atoms with Crippen molar-refractivity contribution in [3.05, 3.63) is 77.6 Å². The largest absolute Gasteiger partial charge is 0.350 e. The monoisotopic (exact) mass is 455 g/mol. The first-order valence-corrected chi connectivity index (χ1v) is 11.1. The van der Waals surface area contributed by atoms with Gasteiger partial charge in [-0.25, -0.2) is 8.42 Å². The third kappa shape index (κ3) is 4.68. The summed E-state index contributed by atoms with van der Waals surface area (Å²) in [6, 6.07) is 16.6. The van der Waals surface area contributed by atoms with E-state index in [4.69, 9.17) is 11.6 Å². The molecule has 0 aliphatic rings. The number of aryl methyl sites for hydroxylation is 1. The van der Waals surface area contributed by atoms with Crippen molar-refractivity contribution in [1.29, 1.82) is 0 Å². The summed E-state index contributed by atoms with van der Waals surface area (Å²) in [4.78, 5) is 12.5. The van der Waals surface area contributed by atoms with E-state index in [1.807, 2.05) is 42.1 Å². The van der Waals surface area contributed by atoms with Crippen LogP contribution in [-0.4, -0.2) is 29.1 Å². The second kappa shape index (κ2) is 8.37. The van der Waals surface area contributed by atoms with E-state index in [1.54, 1.807) is 0 Å². The number of anilines is 2. The van der Waals surface area contributed by atoms with Crippen molar-refractivity contribution in [3.63, 3.8) is 0 Å². The number of sulfonamides is 1. The molecule has 4 rings (SSSR count). The van der Waals surface area contributed by atoms with E-state index in [1.165, 1.54) is 36.4 Å². The average molecular weight is 456 g/mol. The van der Waals surface area contributed by atoms with Gasteiger partial charge in [0.1, 0.15) is 0 Å². The van der Waals surface area contributed by atoms with E-state index in [-0.39, 0.29) is 28.2 Å². The van der Waals surface area contributed by atoms with Crippen molar-refractivity contribution in [3.8, 4) is 0 Å². The molecule has 4 aromatic rings. The number of carbonyl (C=O) groups is 1. The van der Waals surface area contributed by atoms with E-state index < -0.39 is 10.0 Å². The Morgan fingerprint density at radius 1 is 1.03 bits per heavy atom. The number of fused-ring (bicyclic) bond motifs is 1. The second-order valence-corrected chi connectivity index (χ2v) is 8.95. The molecule has 0 radical (unpaired) electrons. The minimum Gasteiger partial charge on any atom is -0.350 e. The van der Waals surface area contributed by atoms with Gasteiger partial charge < -0.3 is 9.88 Å². The topological polar surface area (TPSA) is 106 Å². The summed E-state index contributed by atoms with van der Waals surface area (Å²) in [5, 5.41) is 11.3. The molecule has 2 N–H and O–H groups in total. The highest BCUT2D eigenvalue weighted by molar-refractivity contribution is 7.92. The van der Waals surface area contributed by atoms with Crippen LogP contribution in [0.3, 0.4) is 0 Å². The quantitative estimate of drug-likeness (QED) is 0.462. The van der Waals surface area contributed by atoms with Crippen molar-refractivity contribution < 1.29 is 13.2 Å². The predicted molar refractivity (Wildman–Crippen MR) is 120 cm³/mol. The smallest absolute Gasteiger partial charge is 0.263 e. The minimum absolute atomic E-state index is 0.0244. The van der Waals surface area contributed by atoms with Crippen LogP contribution in [0.5, 0.6) is 0 Å². The van der Waals surface area contributed by atoms with Gasteiger partial charge in [-0.2, -0.15) is 0 Å². The molecule has 158 valence electrons. The molecular weight excluding hydrogens is 438 g/mol. The highest BCUT2D eigenvalue weighted by atomic mass is 35.5. The van der Waals surface area contributed by atoms with Gasteiger partial charge >= 0.3 is 0 Å². The lowest BCUT2D eigenvalue weighted by Crippen LogP contribution is -2.16. The minimum atomic E-state index is -3.85. The van der Waals surface area contributed by atoms with Crippen molar-refractivity contribution in [2.45, 2.75) is 11.3 Å². The van der Waals surface area contributed by atoms with Gasteiger partial charge in [-0.05, 0) is 48.0 Å². The standard InChI is InChI=1S/C21H18ClN5O3S/c1-27-13-14(17-4-2-3-5-18(17)27)12-21(28)23-15-6-8-16(9-7-15)31(29,30)26-20-11-10-19(22)24-25-20/h2-11,13H,12H2,1H3,(H,23,28)(H,25,26). The van der Waals surface area contributed by atoms with Crippen LogP contribution < -0.4 is 10.0 Å². The van der Waals surface area contributed by atoms with Crippen LogP contribution >= 0.6 is 11.6 Å². The maximum Gasteiger partial charge on any atom is 0.263 e. The molecule has 0 aliphatic carbocycles. The fraction of sp³-hybridized carbons (Fsp3) is 0.0952. The number of para-hydroxylation sites is 1. The van der Waals surface area contributed by atoms with Crippen LogP contribution in [0.25, 0.3) is 10.9 Å². The number of benzene rings is 2. The molecule has 8 nitrogen and oxygen atoms in total. The molecule has 2 aromatic heterocycles. The van der Waals surface area contributed by atoms with Gasteiger partial charge in [0.25, 0.3) is 10.0 Å². The average Bonchev–Trinajstić information content (AvgIpc) is 3.05. The summed E-state index contributed by atoms with van der Waals surface area (Å²) in [5.41, 5.74) is 2.47. The first kappa shape index (κ1) is 20.8. The van der Waals surface area contributed by atoms with E-state index in [0.717, 1.165) is 16.5 Å². The van der Waals surface area contributed by atoms with E-state index >= 15 is 0 Å². The molecule has 0 fully saturated rings. The maximum atomic E-state index is 12.5. The van der Waals surface area contributed by atoms with Crippen LogP contribution in [0.1, 0.15) is 5.56 Å². The lowest BCUT2D eigenvalue weighted by Gasteiger charge is -2.09. The third-order valence-corrected chi connectivity index (χ3v) is 6.22. The highest BCUT2D eigenvalue weighted by Gasteiger charge is 2.16. The number of halogens is 1. The molecule has 2 aromatic carbocycles. The van der Waals surface area contributed by atoms with Gasteiger partial charge in [0.15, 0.2) is 11.0 Å². The molecule has 0 atom stereocenters. The summed E-state index contributed by atoms with van der Waals surface area (Å²) in [6.45, 7) is 0.